The second-order valence-corrected chi connectivity index (χ2v) is 13.2. The number of carbonyl (C=O) groups excluding carboxylic acids is 2. The molecule has 1 rings (SSSR count). The molecule has 1 heterocycles. The first-order chi connectivity index (χ1) is 11.3. The number of thioether (sulfide) groups is 1. The average Bonchev–Trinajstić information content (AvgIpc) is 2.67. The quantitative estimate of drug-likeness (QED) is 0.486. The van der Waals surface area contributed by atoms with E-state index < -0.39 is 42.2 Å². The maximum Gasteiger partial charge on any atom is 0.242 e. The van der Waals surface area contributed by atoms with Gasteiger partial charge in [0.1, 0.15) is 0 Å². The number of imide groups is 1. The SMILES string of the molecule is CC(C)CS(=O)(=O)CCS(=O)(=O)CCN1C(=O)CC(SC(C)C)C1=O. The van der Waals surface area contributed by atoms with E-state index in [4.69, 9.17) is 0 Å². The lowest BCUT2D eigenvalue weighted by Crippen LogP contribution is -2.36. The standard InChI is InChI=1S/C15H27NO6S3/c1-11(2)10-25(21,22)8-7-24(19,20)6-5-16-14(17)9-13(15(16)18)23-12(3)4/h11-13H,5-10H2,1-4H3. The van der Waals surface area contributed by atoms with Gasteiger partial charge in [-0.3, -0.25) is 14.5 Å². The summed E-state index contributed by atoms with van der Waals surface area (Å²) >= 11 is 1.39. The number of likely N-dealkylation sites (tertiary alicyclic amines) is 1. The summed E-state index contributed by atoms with van der Waals surface area (Å²) in [6.45, 7) is 7.14. The van der Waals surface area contributed by atoms with Gasteiger partial charge in [0.2, 0.25) is 11.8 Å². The van der Waals surface area contributed by atoms with Crippen LogP contribution < -0.4 is 0 Å². The third-order valence-corrected chi connectivity index (χ3v) is 8.69. The van der Waals surface area contributed by atoms with Gasteiger partial charge in [-0.15, -0.1) is 11.8 Å². The van der Waals surface area contributed by atoms with Gasteiger partial charge < -0.3 is 0 Å². The molecule has 1 saturated heterocycles. The van der Waals surface area contributed by atoms with Crippen molar-refractivity contribution in [2.75, 3.05) is 29.6 Å². The Morgan fingerprint density at radius 2 is 1.56 bits per heavy atom. The summed E-state index contributed by atoms with van der Waals surface area (Å²) in [5.74, 6) is -2.16. The maximum atomic E-state index is 12.2. The Kier molecular flexibility index (Phi) is 7.94. The molecule has 1 aliphatic heterocycles. The van der Waals surface area contributed by atoms with E-state index in [1.165, 1.54) is 11.8 Å². The summed E-state index contributed by atoms with van der Waals surface area (Å²) in [7, 11) is -7.08. The molecule has 1 atom stereocenters. The molecule has 0 saturated carbocycles. The van der Waals surface area contributed by atoms with Crippen molar-refractivity contribution >= 4 is 43.3 Å². The van der Waals surface area contributed by atoms with E-state index in [0.717, 1.165) is 4.90 Å². The van der Waals surface area contributed by atoms with Crippen LogP contribution in [-0.4, -0.2) is 73.6 Å². The van der Waals surface area contributed by atoms with Gasteiger partial charge >= 0.3 is 0 Å². The normalized spacial score (nSPS) is 19.4. The minimum Gasteiger partial charge on any atom is -0.281 e. The van der Waals surface area contributed by atoms with Gasteiger partial charge in [0.05, 0.1) is 28.3 Å². The van der Waals surface area contributed by atoms with Gasteiger partial charge in [-0.1, -0.05) is 27.7 Å². The molecule has 146 valence electrons. The third-order valence-electron chi connectivity index (χ3n) is 3.56. The van der Waals surface area contributed by atoms with Crippen molar-refractivity contribution in [1.82, 2.24) is 4.90 Å². The van der Waals surface area contributed by atoms with Gasteiger partial charge in [0.15, 0.2) is 19.7 Å². The highest BCUT2D eigenvalue weighted by Gasteiger charge is 2.39. The van der Waals surface area contributed by atoms with Crippen LogP contribution in [0.4, 0.5) is 0 Å². The van der Waals surface area contributed by atoms with E-state index in [-0.39, 0.29) is 41.7 Å². The number of amides is 2. The number of carbonyl (C=O) groups is 2. The summed E-state index contributed by atoms with van der Waals surface area (Å²) < 4.78 is 47.8. The van der Waals surface area contributed by atoms with E-state index in [1.54, 1.807) is 13.8 Å². The predicted octanol–water partition coefficient (Wildman–Crippen LogP) is 0.741. The van der Waals surface area contributed by atoms with Crippen LogP contribution in [0, 0.1) is 5.92 Å². The van der Waals surface area contributed by atoms with Crippen LogP contribution in [0.15, 0.2) is 0 Å². The maximum absolute atomic E-state index is 12.2. The number of hydrogen-bond acceptors (Lipinski definition) is 7. The van der Waals surface area contributed by atoms with Gasteiger partial charge in [0, 0.05) is 13.0 Å². The smallest absolute Gasteiger partial charge is 0.242 e. The van der Waals surface area contributed by atoms with Gasteiger partial charge in [-0.05, 0) is 11.2 Å². The molecule has 0 aromatic rings. The fourth-order valence-electron chi connectivity index (χ4n) is 2.50. The lowest BCUT2D eigenvalue weighted by Gasteiger charge is -2.15. The average molecular weight is 414 g/mol. The molecule has 0 N–H and O–H groups in total. The van der Waals surface area contributed by atoms with Crippen LogP contribution in [0.5, 0.6) is 0 Å². The zero-order chi connectivity index (χ0) is 19.4. The molecule has 1 unspecified atom stereocenters. The summed E-state index contributed by atoms with van der Waals surface area (Å²) in [5.41, 5.74) is 0. The minimum absolute atomic E-state index is 0.0558. The highest BCUT2D eigenvalue weighted by Crippen LogP contribution is 2.28. The van der Waals surface area contributed by atoms with Crippen LogP contribution in [0.25, 0.3) is 0 Å². The topological polar surface area (TPSA) is 106 Å². The fraction of sp³-hybridized carbons (Fsp3) is 0.867. The molecule has 1 fully saturated rings. The molecule has 2 amide bonds. The van der Waals surface area contributed by atoms with Crippen LogP contribution in [0.2, 0.25) is 0 Å². The van der Waals surface area contributed by atoms with E-state index in [9.17, 15) is 26.4 Å². The summed E-state index contributed by atoms with van der Waals surface area (Å²) in [6, 6.07) is 0. The molecule has 1 aliphatic rings. The molecular weight excluding hydrogens is 386 g/mol. The van der Waals surface area contributed by atoms with Crippen molar-refractivity contribution in [3.05, 3.63) is 0 Å². The Hall–Kier alpha value is -0.610. The first kappa shape index (κ1) is 22.4. The van der Waals surface area contributed by atoms with E-state index >= 15 is 0 Å². The van der Waals surface area contributed by atoms with Crippen LogP contribution in [0.1, 0.15) is 34.1 Å². The zero-order valence-corrected chi connectivity index (χ0v) is 17.5. The summed E-state index contributed by atoms with van der Waals surface area (Å²) in [4.78, 5) is 25.1. The Balaban J connectivity index is 2.59. The molecule has 0 aromatic heterocycles. The number of nitrogens with zero attached hydrogens (tertiary/aromatic N) is 1. The Morgan fingerprint density at radius 3 is 2.08 bits per heavy atom. The lowest BCUT2D eigenvalue weighted by atomic mass is 10.3. The highest BCUT2D eigenvalue weighted by molar-refractivity contribution is 8.01. The van der Waals surface area contributed by atoms with Crippen molar-refractivity contribution in [3.63, 3.8) is 0 Å². The molecule has 10 heteroatoms. The number of hydrogen-bond donors (Lipinski definition) is 0. The Labute approximate surface area is 154 Å². The molecule has 0 aromatic carbocycles. The number of sulfone groups is 2. The van der Waals surface area contributed by atoms with Crippen molar-refractivity contribution in [2.45, 2.75) is 44.6 Å². The second-order valence-electron chi connectivity index (χ2n) is 6.92. The lowest BCUT2D eigenvalue weighted by molar-refractivity contribution is -0.137. The highest BCUT2D eigenvalue weighted by atomic mass is 32.2. The first-order valence-corrected chi connectivity index (χ1v) is 12.8. The third kappa shape index (κ3) is 7.65. The Bertz CT molecular complexity index is 697. The van der Waals surface area contributed by atoms with Crippen molar-refractivity contribution in [3.8, 4) is 0 Å². The molecule has 7 nitrogen and oxygen atoms in total. The van der Waals surface area contributed by atoms with Crippen LogP contribution >= 0.6 is 11.8 Å². The largest absolute Gasteiger partial charge is 0.281 e. The summed E-state index contributed by atoms with van der Waals surface area (Å²) in [5, 5.41) is -0.266. The molecule has 0 bridgehead atoms. The van der Waals surface area contributed by atoms with E-state index in [2.05, 4.69) is 0 Å². The molecule has 0 aliphatic carbocycles. The van der Waals surface area contributed by atoms with Crippen molar-refractivity contribution < 1.29 is 26.4 Å². The number of rotatable bonds is 10. The zero-order valence-electron chi connectivity index (χ0n) is 15.1. The Morgan fingerprint density at radius 1 is 1.00 bits per heavy atom. The second kappa shape index (κ2) is 8.85. The predicted molar refractivity (Wildman–Crippen MR) is 100.0 cm³/mol. The van der Waals surface area contributed by atoms with Gasteiger partial charge in [-0.25, -0.2) is 16.8 Å². The first-order valence-electron chi connectivity index (χ1n) is 8.23. The van der Waals surface area contributed by atoms with E-state index in [0.29, 0.717) is 0 Å². The van der Waals surface area contributed by atoms with Gasteiger partial charge in [0.25, 0.3) is 0 Å². The summed E-state index contributed by atoms with van der Waals surface area (Å²) in [6.07, 6.45) is 0.0878. The molecule has 25 heavy (non-hydrogen) atoms. The van der Waals surface area contributed by atoms with E-state index in [1.807, 2.05) is 13.8 Å². The van der Waals surface area contributed by atoms with Crippen molar-refractivity contribution in [2.24, 2.45) is 5.92 Å². The fourth-order valence-corrected chi connectivity index (χ4v) is 7.52. The molecular formula is C15H27NO6S3. The van der Waals surface area contributed by atoms with Crippen LogP contribution in [-0.2, 0) is 29.3 Å². The van der Waals surface area contributed by atoms with Crippen LogP contribution in [0.3, 0.4) is 0 Å². The molecule has 0 spiro atoms. The minimum atomic E-state index is -3.66. The monoisotopic (exact) mass is 413 g/mol. The van der Waals surface area contributed by atoms with Gasteiger partial charge in [-0.2, -0.15) is 0 Å². The van der Waals surface area contributed by atoms with Crippen molar-refractivity contribution in [1.29, 1.82) is 0 Å². The molecule has 0 radical (unpaired) electrons.